The molecule has 0 aliphatic heterocycles. The van der Waals surface area contributed by atoms with E-state index in [0.29, 0.717) is 29.1 Å². The van der Waals surface area contributed by atoms with Crippen LogP contribution in [-0.2, 0) is 12.3 Å². The van der Waals surface area contributed by atoms with Crippen LogP contribution in [0.4, 0.5) is 9.52 Å². The van der Waals surface area contributed by atoms with Crippen molar-refractivity contribution in [1.82, 2.24) is 20.3 Å². The SMILES string of the molecule is Cc1ccc(-c2noc(CSc3nnc(NCc4ccc(F)cc4)s3)n2)cc1. The zero-order chi connectivity index (χ0) is 19.3. The zero-order valence-electron chi connectivity index (χ0n) is 14.9. The number of nitrogens with zero attached hydrogens (tertiary/aromatic N) is 4. The molecule has 2 aromatic heterocycles. The van der Waals surface area contributed by atoms with Gasteiger partial charge in [-0.1, -0.05) is 70.2 Å². The minimum Gasteiger partial charge on any atom is -0.356 e. The predicted molar refractivity (Wildman–Crippen MR) is 108 cm³/mol. The van der Waals surface area contributed by atoms with Crippen molar-refractivity contribution in [2.24, 2.45) is 0 Å². The Balaban J connectivity index is 1.31. The molecule has 28 heavy (non-hydrogen) atoms. The average Bonchev–Trinajstić information content (AvgIpc) is 3.36. The molecule has 2 aromatic carbocycles. The molecule has 2 heterocycles. The summed E-state index contributed by atoms with van der Waals surface area (Å²) in [6, 6.07) is 14.3. The first-order chi connectivity index (χ1) is 13.7. The van der Waals surface area contributed by atoms with Crippen LogP contribution in [0.15, 0.2) is 57.4 Å². The van der Waals surface area contributed by atoms with Crippen molar-refractivity contribution in [2.75, 3.05) is 5.32 Å². The normalized spacial score (nSPS) is 10.9. The van der Waals surface area contributed by atoms with Gasteiger partial charge in [0, 0.05) is 12.1 Å². The van der Waals surface area contributed by atoms with E-state index in [0.717, 1.165) is 15.5 Å². The van der Waals surface area contributed by atoms with Gasteiger partial charge in [0.2, 0.25) is 16.8 Å². The van der Waals surface area contributed by atoms with E-state index in [2.05, 4.69) is 25.7 Å². The predicted octanol–water partition coefficient (Wildman–Crippen LogP) is 4.94. The Hall–Kier alpha value is -2.78. The van der Waals surface area contributed by atoms with Gasteiger partial charge in [-0.15, -0.1) is 10.2 Å². The number of benzene rings is 2. The Morgan fingerprint density at radius 2 is 1.86 bits per heavy atom. The quantitative estimate of drug-likeness (QED) is 0.430. The molecule has 9 heteroatoms. The number of hydrogen-bond acceptors (Lipinski definition) is 8. The Bertz CT molecular complexity index is 1050. The van der Waals surface area contributed by atoms with Gasteiger partial charge in [-0.05, 0) is 24.6 Å². The van der Waals surface area contributed by atoms with Crippen LogP contribution in [0.3, 0.4) is 0 Å². The summed E-state index contributed by atoms with van der Waals surface area (Å²) in [5, 5.41) is 16.2. The molecule has 0 spiro atoms. The average molecular weight is 414 g/mol. The van der Waals surface area contributed by atoms with Crippen molar-refractivity contribution in [1.29, 1.82) is 0 Å². The number of nitrogens with one attached hydrogen (secondary N) is 1. The maximum Gasteiger partial charge on any atom is 0.237 e. The Morgan fingerprint density at radius 3 is 2.64 bits per heavy atom. The molecular formula is C19H16FN5OS2. The lowest BCUT2D eigenvalue weighted by Crippen LogP contribution is -1.98. The standard InChI is InChI=1S/C19H16FN5OS2/c1-12-2-6-14(7-3-12)17-22-16(26-25-17)11-27-19-24-23-18(28-19)21-10-13-4-8-15(20)9-5-13/h2-9H,10-11H2,1H3,(H,21,23). The van der Waals surface area contributed by atoms with Gasteiger partial charge in [-0.3, -0.25) is 0 Å². The molecule has 0 saturated carbocycles. The summed E-state index contributed by atoms with van der Waals surface area (Å²) < 4.78 is 19.1. The maximum atomic E-state index is 12.9. The van der Waals surface area contributed by atoms with Gasteiger partial charge in [-0.2, -0.15) is 4.98 Å². The highest BCUT2D eigenvalue weighted by Crippen LogP contribution is 2.28. The van der Waals surface area contributed by atoms with Gasteiger partial charge in [0.05, 0.1) is 5.75 Å². The summed E-state index contributed by atoms with van der Waals surface area (Å²) in [6.45, 7) is 2.59. The largest absolute Gasteiger partial charge is 0.356 e. The van der Waals surface area contributed by atoms with Gasteiger partial charge in [-0.25, -0.2) is 4.39 Å². The van der Waals surface area contributed by atoms with Crippen molar-refractivity contribution < 1.29 is 8.91 Å². The molecule has 0 aliphatic carbocycles. The van der Waals surface area contributed by atoms with E-state index in [1.165, 1.54) is 40.8 Å². The van der Waals surface area contributed by atoms with Crippen LogP contribution in [0.2, 0.25) is 0 Å². The maximum absolute atomic E-state index is 12.9. The number of anilines is 1. The van der Waals surface area contributed by atoms with Crippen molar-refractivity contribution in [3.05, 3.63) is 71.4 Å². The van der Waals surface area contributed by atoms with E-state index < -0.39 is 0 Å². The molecule has 0 atom stereocenters. The monoisotopic (exact) mass is 413 g/mol. The van der Waals surface area contributed by atoms with Crippen molar-refractivity contribution in [3.63, 3.8) is 0 Å². The summed E-state index contributed by atoms with van der Waals surface area (Å²) in [6.07, 6.45) is 0. The molecule has 6 nitrogen and oxygen atoms in total. The molecule has 0 radical (unpaired) electrons. The number of rotatable bonds is 7. The first-order valence-corrected chi connectivity index (χ1v) is 10.3. The summed E-state index contributed by atoms with van der Waals surface area (Å²) in [4.78, 5) is 4.43. The minimum absolute atomic E-state index is 0.245. The summed E-state index contributed by atoms with van der Waals surface area (Å²) in [5.41, 5.74) is 3.08. The molecule has 4 rings (SSSR count). The number of aromatic nitrogens is 4. The number of thioether (sulfide) groups is 1. The molecule has 0 fully saturated rings. The molecule has 1 N–H and O–H groups in total. The van der Waals surface area contributed by atoms with E-state index in [1.807, 2.05) is 31.2 Å². The van der Waals surface area contributed by atoms with Crippen LogP contribution in [-0.4, -0.2) is 20.3 Å². The molecule has 0 amide bonds. The van der Waals surface area contributed by atoms with E-state index in [-0.39, 0.29) is 5.82 Å². The summed E-state index contributed by atoms with van der Waals surface area (Å²) in [7, 11) is 0. The lowest BCUT2D eigenvalue weighted by molar-refractivity contribution is 0.391. The lowest BCUT2D eigenvalue weighted by Gasteiger charge is -2.01. The van der Waals surface area contributed by atoms with Gasteiger partial charge in [0.25, 0.3) is 0 Å². The highest BCUT2D eigenvalue weighted by atomic mass is 32.2. The molecule has 0 aliphatic rings. The van der Waals surface area contributed by atoms with E-state index in [1.54, 1.807) is 12.1 Å². The van der Waals surface area contributed by atoms with Gasteiger partial charge in [0.15, 0.2) is 4.34 Å². The fraction of sp³-hybridized carbons (Fsp3) is 0.158. The van der Waals surface area contributed by atoms with Crippen LogP contribution >= 0.6 is 23.1 Å². The molecular weight excluding hydrogens is 397 g/mol. The summed E-state index contributed by atoms with van der Waals surface area (Å²) >= 11 is 2.93. The van der Waals surface area contributed by atoms with Gasteiger partial charge >= 0.3 is 0 Å². The van der Waals surface area contributed by atoms with Crippen LogP contribution in [0.1, 0.15) is 17.0 Å². The molecule has 0 unspecified atom stereocenters. The lowest BCUT2D eigenvalue weighted by atomic mass is 10.1. The van der Waals surface area contributed by atoms with Crippen molar-refractivity contribution >= 4 is 28.2 Å². The van der Waals surface area contributed by atoms with E-state index >= 15 is 0 Å². The van der Waals surface area contributed by atoms with Crippen LogP contribution < -0.4 is 5.32 Å². The fourth-order valence-electron chi connectivity index (χ4n) is 2.38. The molecule has 0 bridgehead atoms. The molecule has 142 valence electrons. The van der Waals surface area contributed by atoms with Gasteiger partial charge < -0.3 is 9.84 Å². The Labute approximate surface area is 169 Å². The number of hydrogen-bond donors (Lipinski definition) is 1. The van der Waals surface area contributed by atoms with Crippen LogP contribution in [0.25, 0.3) is 11.4 Å². The smallest absolute Gasteiger partial charge is 0.237 e. The third kappa shape index (κ3) is 4.73. The molecule has 0 saturated heterocycles. The number of halogens is 1. The van der Waals surface area contributed by atoms with E-state index in [9.17, 15) is 4.39 Å². The first-order valence-electron chi connectivity index (χ1n) is 8.50. The first kappa shape index (κ1) is 18.6. The second kappa shape index (κ2) is 8.49. The number of aryl methyl sites for hydroxylation is 1. The van der Waals surface area contributed by atoms with Crippen LogP contribution in [0, 0.1) is 12.7 Å². The summed E-state index contributed by atoms with van der Waals surface area (Å²) in [5.74, 6) is 1.39. The second-order valence-electron chi connectivity index (χ2n) is 6.02. The highest BCUT2D eigenvalue weighted by molar-refractivity contribution is 8.00. The van der Waals surface area contributed by atoms with E-state index in [4.69, 9.17) is 4.52 Å². The zero-order valence-corrected chi connectivity index (χ0v) is 16.6. The fourth-order valence-corrected chi connectivity index (χ4v) is 3.96. The third-order valence-electron chi connectivity index (χ3n) is 3.86. The van der Waals surface area contributed by atoms with Crippen molar-refractivity contribution in [2.45, 2.75) is 23.6 Å². The van der Waals surface area contributed by atoms with Gasteiger partial charge in [0.1, 0.15) is 5.82 Å². The molecule has 4 aromatic rings. The highest BCUT2D eigenvalue weighted by Gasteiger charge is 2.11. The minimum atomic E-state index is -0.245. The topological polar surface area (TPSA) is 76.7 Å². The Kier molecular flexibility index (Phi) is 5.63. The second-order valence-corrected chi connectivity index (χ2v) is 8.22. The third-order valence-corrected chi connectivity index (χ3v) is 5.86. The van der Waals surface area contributed by atoms with Crippen molar-refractivity contribution in [3.8, 4) is 11.4 Å². The Morgan fingerprint density at radius 1 is 1.07 bits per heavy atom. The van der Waals surface area contributed by atoms with Crippen LogP contribution in [0.5, 0.6) is 0 Å².